The van der Waals surface area contributed by atoms with Crippen LogP contribution in [0.4, 0.5) is 5.69 Å². The van der Waals surface area contributed by atoms with Crippen molar-refractivity contribution in [3.8, 4) is 5.75 Å². The Kier molecular flexibility index (Phi) is 5.11. The largest absolute Gasteiger partial charge is 0.495 e. The molecule has 0 saturated heterocycles. The van der Waals surface area contributed by atoms with Crippen LogP contribution in [0.1, 0.15) is 32.6 Å². The average molecular weight is 312 g/mol. The van der Waals surface area contributed by atoms with Gasteiger partial charge in [0.25, 0.3) is 0 Å². The molecule has 21 heavy (non-hydrogen) atoms. The summed E-state index contributed by atoms with van der Waals surface area (Å²) in [6.07, 6.45) is 4.71. The Hall–Kier alpha value is -1.27. The lowest BCUT2D eigenvalue weighted by Gasteiger charge is -2.28. The minimum absolute atomic E-state index is 0.185. The van der Waals surface area contributed by atoms with E-state index in [9.17, 15) is 8.42 Å². The lowest BCUT2D eigenvalue weighted by atomic mass is 9.81. The number of methoxy groups -OCH3 is 1. The summed E-state index contributed by atoms with van der Waals surface area (Å²) >= 11 is 0. The van der Waals surface area contributed by atoms with Crippen molar-refractivity contribution < 1.29 is 13.2 Å². The zero-order valence-electron chi connectivity index (χ0n) is 12.6. The van der Waals surface area contributed by atoms with Crippen molar-refractivity contribution in [2.75, 3.05) is 19.4 Å². The zero-order valence-corrected chi connectivity index (χ0v) is 13.4. The van der Waals surface area contributed by atoms with E-state index in [1.165, 1.54) is 38.5 Å². The summed E-state index contributed by atoms with van der Waals surface area (Å²) in [5, 5.41) is 0. The molecular formula is C15H24N2O3S. The van der Waals surface area contributed by atoms with Gasteiger partial charge >= 0.3 is 0 Å². The molecule has 1 aliphatic rings. The third kappa shape index (κ3) is 3.89. The highest BCUT2D eigenvalue weighted by Crippen LogP contribution is 2.29. The number of nitrogens with two attached hydrogens (primary N) is 1. The molecule has 6 heteroatoms. The molecule has 3 N–H and O–H groups in total. The molecule has 0 aliphatic heterocycles. The van der Waals surface area contributed by atoms with E-state index in [4.69, 9.17) is 10.5 Å². The van der Waals surface area contributed by atoms with Gasteiger partial charge in [-0.3, -0.25) is 0 Å². The fourth-order valence-corrected chi connectivity index (χ4v) is 4.01. The summed E-state index contributed by atoms with van der Waals surface area (Å²) in [4.78, 5) is 0.185. The summed E-state index contributed by atoms with van der Waals surface area (Å²) in [5.74, 6) is 1.47. The SMILES string of the molecule is COc1ccc(S(=O)(=O)NCC2CCCCC2C)cc1N. The Labute approximate surface area is 126 Å². The summed E-state index contributed by atoms with van der Waals surface area (Å²) in [6.45, 7) is 2.69. The van der Waals surface area contributed by atoms with E-state index in [2.05, 4.69) is 11.6 Å². The number of benzene rings is 1. The first-order valence-corrected chi connectivity index (χ1v) is 8.85. The molecule has 2 atom stereocenters. The molecule has 1 aromatic carbocycles. The molecule has 0 aromatic heterocycles. The van der Waals surface area contributed by atoms with Gasteiger partial charge in [-0.05, 0) is 36.5 Å². The zero-order chi connectivity index (χ0) is 15.5. The Bertz CT molecular complexity index is 587. The number of nitrogen functional groups attached to an aromatic ring is 1. The van der Waals surface area contributed by atoms with E-state index < -0.39 is 10.0 Å². The number of nitrogens with one attached hydrogen (secondary N) is 1. The first-order valence-electron chi connectivity index (χ1n) is 7.37. The van der Waals surface area contributed by atoms with Crippen LogP contribution in [0.3, 0.4) is 0 Å². The van der Waals surface area contributed by atoms with E-state index in [0.29, 0.717) is 29.8 Å². The lowest BCUT2D eigenvalue weighted by Crippen LogP contribution is -2.33. The summed E-state index contributed by atoms with van der Waals surface area (Å²) in [6, 6.07) is 4.53. The molecule has 5 nitrogen and oxygen atoms in total. The fraction of sp³-hybridized carbons (Fsp3) is 0.600. The number of ether oxygens (including phenoxy) is 1. The van der Waals surface area contributed by atoms with Gasteiger partial charge in [0, 0.05) is 6.54 Å². The molecule has 118 valence electrons. The normalized spacial score (nSPS) is 23.0. The maximum absolute atomic E-state index is 12.3. The standard InChI is InChI=1S/C15H24N2O3S/c1-11-5-3-4-6-12(11)10-17-21(18,19)13-7-8-15(20-2)14(16)9-13/h7-9,11-12,17H,3-6,10,16H2,1-2H3. The molecule has 2 unspecified atom stereocenters. The molecule has 1 aliphatic carbocycles. The molecular weight excluding hydrogens is 288 g/mol. The Balaban J connectivity index is 2.06. The van der Waals surface area contributed by atoms with Gasteiger partial charge in [-0.15, -0.1) is 0 Å². The van der Waals surface area contributed by atoms with Crippen LogP contribution >= 0.6 is 0 Å². The first-order chi connectivity index (χ1) is 9.94. The lowest BCUT2D eigenvalue weighted by molar-refractivity contribution is 0.257. The first kappa shape index (κ1) is 16.1. The van der Waals surface area contributed by atoms with Crippen molar-refractivity contribution in [2.24, 2.45) is 11.8 Å². The predicted octanol–water partition coefficient (Wildman–Crippen LogP) is 2.38. The van der Waals surface area contributed by atoms with Crippen LogP contribution in [0.2, 0.25) is 0 Å². The van der Waals surface area contributed by atoms with Crippen LogP contribution in [-0.4, -0.2) is 22.1 Å². The minimum atomic E-state index is -3.52. The maximum atomic E-state index is 12.3. The molecule has 2 rings (SSSR count). The Morgan fingerprint density at radius 3 is 2.67 bits per heavy atom. The van der Waals surface area contributed by atoms with Crippen molar-refractivity contribution in [3.63, 3.8) is 0 Å². The van der Waals surface area contributed by atoms with Crippen molar-refractivity contribution in [1.82, 2.24) is 4.72 Å². The molecule has 0 bridgehead atoms. The van der Waals surface area contributed by atoms with Crippen LogP contribution in [-0.2, 0) is 10.0 Å². The number of anilines is 1. The molecule has 0 heterocycles. The fourth-order valence-electron chi connectivity index (χ4n) is 2.88. The van der Waals surface area contributed by atoms with Crippen molar-refractivity contribution in [2.45, 2.75) is 37.5 Å². The van der Waals surface area contributed by atoms with Gasteiger partial charge in [0.1, 0.15) is 5.75 Å². The van der Waals surface area contributed by atoms with Gasteiger partial charge in [-0.2, -0.15) is 0 Å². The highest BCUT2D eigenvalue weighted by molar-refractivity contribution is 7.89. The summed E-state index contributed by atoms with van der Waals surface area (Å²) in [7, 11) is -2.01. The number of hydrogen-bond donors (Lipinski definition) is 2. The smallest absolute Gasteiger partial charge is 0.240 e. The van der Waals surface area contributed by atoms with E-state index in [1.54, 1.807) is 6.07 Å². The number of rotatable bonds is 5. The van der Waals surface area contributed by atoms with Crippen LogP contribution in [0.15, 0.2) is 23.1 Å². The average Bonchev–Trinajstić information content (AvgIpc) is 2.46. The second kappa shape index (κ2) is 6.66. The molecule has 1 saturated carbocycles. The molecule has 1 fully saturated rings. The molecule has 0 spiro atoms. The summed E-state index contributed by atoms with van der Waals surface area (Å²) < 4.78 is 32.4. The van der Waals surface area contributed by atoms with E-state index >= 15 is 0 Å². The molecule has 1 aromatic rings. The van der Waals surface area contributed by atoms with Gasteiger partial charge in [0.05, 0.1) is 17.7 Å². The number of hydrogen-bond acceptors (Lipinski definition) is 4. The number of sulfonamides is 1. The Morgan fingerprint density at radius 2 is 2.05 bits per heavy atom. The second-order valence-corrected chi connectivity index (χ2v) is 7.54. The van der Waals surface area contributed by atoms with E-state index in [0.717, 1.165) is 6.42 Å². The molecule has 0 radical (unpaired) electrons. The van der Waals surface area contributed by atoms with Crippen LogP contribution in [0, 0.1) is 11.8 Å². The predicted molar refractivity (Wildman–Crippen MR) is 83.7 cm³/mol. The third-order valence-electron chi connectivity index (χ3n) is 4.34. The van der Waals surface area contributed by atoms with Crippen molar-refractivity contribution in [1.29, 1.82) is 0 Å². The van der Waals surface area contributed by atoms with Crippen LogP contribution < -0.4 is 15.2 Å². The van der Waals surface area contributed by atoms with Crippen LogP contribution in [0.5, 0.6) is 5.75 Å². The molecule has 0 amide bonds. The minimum Gasteiger partial charge on any atom is -0.495 e. The van der Waals surface area contributed by atoms with E-state index in [1.807, 2.05) is 0 Å². The Morgan fingerprint density at radius 1 is 1.33 bits per heavy atom. The van der Waals surface area contributed by atoms with Gasteiger partial charge in [-0.1, -0.05) is 26.2 Å². The topological polar surface area (TPSA) is 81.4 Å². The maximum Gasteiger partial charge on any atom is 0.240 e. The van der Waals surface area contributed by atoms with Crippen LogP contribution in [0.25, 0.3) is 0 Å². The van der Waals surface area contributed by atoms with Gasteiger partial charge < -0.3 is 10.5 Å². The quantitative estimate of drug-likeness (QED) is 0.818. The van der Waals surface area contributed by atoms with Gasteiger partial charge in [0.15, 0.2) is 0 Å². The monoisotopic (exact) mass is 312 g/mol. The third-order valence-corrected chi connectivity index (χ3v) is 5.76. The second-order valence-electron chi connectivity index (χ2n) is 5.78. The highest BCUT2D eigenvalue weighted by Gasteiger charge is 2.24. The van der Waals surface area contributed by atoms with Gasteiger partial charge in [-0.25, -0.2) is 13.1 Å². The van der Waals surface area contributed by atoms with Crippen molar-refractivity contribution in [3.05, 3.63) is 18.2 Å². The van der Waals surface area contributed by atoms with E-state index in [-0.39, 0.29) is 4.90 Å². The highest BCUT2D eigenvalue weighted by atomic mass is 32.2. The van der Waals surface area contributed by atoms with Crippen molar-refractivity contribution >= 4 is 15.7 Å². The summed E-state index contributed by atoms with van der Waals surface area (Å²) in [5.41, 5.74) is 6.10. The van der Waals surface area contributed by atoms with Gasteiger partial charge in [0.2, 0.25) is 10.0 Å².